The first-order chi connectivity index (χ1) is 10.2. The zero-order valence-electron chi connectivity index (χ0n) is 12.9. The lowest BCUT2D eigenvalue weighted by atomic mass is 10.0. The van der Waals surface area contributed by atoms with Gasteiger partial charge in [0.15, 0.2) is 11.6 Å². The Bertz CT molecular complexity index is 431. The summed E-state index contributed by atoms with van der Waals surface area (Å²) in [6, 6.07) is 8.13. The highest BCUT2D eigenvalue weighted by Gasteiger charge is 2.22. The molecule has 1 aromatic rings. The SMILES string of the molecule is CCCCC[SiH]1CCC(COc2ccc(F)c(F)c2)CC1. The maximum Gasteiger partial charge on any atom is 0.162 e. The van der Waals surface area contributed by atoms with Crippen molar-refractivity contribution in [2.45, 2.75) is 57.2 Å². The first kappa shape index (κ1) is 16.5. The van der Waals surface area contributed by atoms with Gasteiger partial charge in [-0.2, -0.15) is 0 Å². The van der Waals surface area contributed by atoms with Crippen molar-refractivity contribution < 1.29 is 13.5 Å². The summed E-state index contributed by atoms with van der Waals surface area (Å²) in [4.78, 5) is 0. The molecule has 0 radical (unpaired) electrons. The maximum absolute atomic E-state index is 13.1. The minimum Gasteiger partial charge on any atom is -0.493 e. The van der Waals surface area contributed by atoms with E-state index < -0.39 is 20.4 Å². The summed E-state index contributed by atoms with van der Waals surface area (Å²) >= 11 is 0. The largest absolute Gasteiger partial charge is 0.493 e. The average Bonchev–Trinajstić information content (AvgIpc) is 2.50. The first-order valence-corrected chi connectivity index (χ1v) is 10.7. The lowest BCUT2D eigenvalue weighted by Gasteiger charge is -2.27. The highest BCUT2D eigenvalue weighted by Crippen LogP contribution is 2.29. The minimum atomic E-state index is -0.834. The van der Waals surface area contributed by atoms with Crippen LogP contribution in [0.2, 0.25) is 18.1 Å². The van der Waals surface area contributed by atoms with Crippen molar-refractivity contribution in [3.8, 4) is 5.75 Å². The Hall–Kier alpha value is -0.903. The lowest BCUT2D eigenvalue weighted by Crippen LogP contribution is -2.24. The van der Waals surface area contributed by atoms with Gasteiger partial charge in [0.05, 0.1) is 6.61 Å². The van der Waals surface area contributed by atoms with Gasteiger partial charge in [0.25, 0.3) is 0 Å². The second kappa shape index (κ2) is 8.52. The molecule has 0 amide bonds. The number of benzene rings is 1. The van der Waals surface area contributed by atoms with E-state index in [0.717, 1.165) is 12.1 Å². The van der Waals surface area contributed by atoms with Gasteiger partial charge in [-0.05, 0) is 30.9 Å². The molecule has 4 heteroatoms. The summed E-state index contributed by atoms with van der Waals surface area (Å²) in [7, 11) is -0.475. The van der Waals surface area contributed by atoms with Crippen LogP contribution >= 0.6 is 0 Å². The van der Waals surface area contributed by atoms with Gasteiger partial charge in [0.1, 0.15) is 5.75 Å². The molecule has 1 heterocycles. The Labute approximate surface area is 128 Å². The normalized spacial score (nSPS) is 22.2. The highest BCUT2D eigenvalue weighted by atomic mass is 28.3. The van der Waals surface area contributed by atoms with Crippen molar-refractivity contribution in [3.05, 3.63) is 29.8 Å². The molecule has 0 bridgehead atoms. The summed E-state index contributed by atoms with van der Waals surface area (Å²) in [6.45, 7) is 2.90. The van der Waals surface area contributed by atoms with Crippen molar-refractivity contribution >= 4 is 8.80 Å². The number of halogens is 2. The molecule has 1 aromatic carbocycles. The summed E-state index contributed by atoms with van der Waals surface area (Å²) in [5.41, 5.74) is 0. The summed E-state index contributed by atoms with van der Waals surface area (Å²) in [5, 5.41) is 0. The van der Waals surface area contributed by atoms with Gasteiger partial charge in [-0.15, -0.1) is 0 Å². The van der Waals surface area contributed by atoms with Gasteiger partial charge < -0.3 is 4.74 Å². The van der Waals surface area contributed by atoms with E-state index in [-0.39, 0.29) is 0 Å². The van der Waals surface area contributed by atoms with Gasteiger partial charge in [-0.3, -0.25) is 0 Å². The van der Waals surface area contributed by atoms with Gasteiger partial charge in [-0.1, -0.05) is 44.3 Å². The molecule has 118 valence electrons. The Morgan fingerprint density at radius 3 is 2.57 bits per heavy atom. The molecule has 0 unspecified atom stereocenters. The molecule has 2 rings (SSSR count). The Balaban J connectivity index is 1.67. The summed E-state index contributed by atoms with van der Waals surface area (Å²) < 4.78 is 31.6. The molecule has 1 fully saturated rings. The molecule has 1 aliphatic rings. The molecular weight excluding hydrogens is 286 g/mol. The topological polar surface area (TPSA) is 9.23 Å². The third-order valence-corrected chi connectivity index (χ3v) is 8.08. The van der Waals surface area contributed by atoms with Crippen molar-refractivity contribution in [1.82, 2.24) is 0 Å². The predicted molar refractivity (Wildman–Crippen MR) is 85.7 cm³/mol. The van der Waals surface area contributed by atoms with Gasteiger partial charge in [0.2, 0.25) is 0 Å². The second-order valence-corrected chi connectivity index (χ2v) is 9.73. The van der Waals surface area contributed by atoms with Crippen LogP contribution in [-0.4, -0.2) is 15.4 Å². The molecule has 21 heavy (non-hydrogen) atoms. The quantitative estimate of drug-likeness (QED) is 0.498. The fraction of sp³-hybridized carbons (Fsp3) is 0.647. The van der Waals surface area contributed by atoms with Crippen LogP contribution in [0.5, 0.6) is 5.75 Å². The van der Waals surface area contributed by atoms with Crippen LogP contribution in [0.4, 0.5) is 8.78 Å². The molecule has 1 nitrogen and oxygen atoms in total. The van der Waals surface area contributed by atoms with Crippen LogP contribution in [-0.2, 0) is 0 Å². The third kappa shape index (κ3) is 5.42. The fourth-order valence-corrected chi connectivity index (χ4v) is 6.77. The molecule has 0 spiro atoms. The number of rotatable bonds is 7. The van der Waals surface area contributed by atoms with E-state index in [1.54, 1.807) is 0 Å². The third-order valence-electron chi connectivity index (χ3n) is 4.56. The van der Waals surface area contributed by atoms with Crippen molar-refractivity contribution in [2.75, 3.05) is 6.61 Å². The number of hydrogen-bond acceptors (Lipinski definition) is 1. The monoisotopic (exact) mass is 312 g/mol. The van der Waals surface area contributed by atoms with E-state index in [1.807, 2.05) is 0 Å². The zero-order chi connectivity index (χ0) is 15.1. The van der Waals surface area contributed by atoms with Gasteiger partial charge in [-0.25, -0.2) is 8.78 Å². The lowest BCUT2D eigenvalue weighted by molar-refractivity contribution is 0.235. The van der Waals surface area contributed by atoms with E-state index in [4.69, 9.17) is 4.74 Å². The molecular formula is C17H26F2OSi. The molecule has 0 N–H and O–H groups in total. The molecule has 0 saturated carbocycles. The Kier molecular flexibility index (Phi) is 6.68. The van der Waals surface area contributed by atoms with Crippen LogP contribution in [0.15, 0.2) is 18.2 Å². The van der Waals surface area contributed by atoms with E-state index in [0.29, 0.717) is 18.3 Å². The second-order valence-electron chi connectivity index (χ2n) is 6.27. The van der Waals surface area contributed by atoms with Gasteiger partial charge >= 0.3 is 0 Å². The van der Waals surface area contributed by atoms with E-state index in [2.05, 4.69) is 6.92 Å². The van der Waals surface area contributed by atoms with Crippen LogP contribution in [0.1, 0.15) is 39.0 Å². The number of hydrogen-bond donors (Lipinski definition) is 0. The van der Waals surface area contributed by atoms with Crippen molar-refractivity contribution in [1.29, 1.82) is 0 Å². The number of unbranched alkanes of at least 4 members (excludes halogenated alkanes) is 2. The van der Waals surface area contributed by atoms with Crippen LogP contribution in [0, 0.1) is 17.6 Å². The molecule has 1 aliphatic heterocycles. The maximum atomic E-state index is 13.1. The standard InChI is InChI=1S/C17H26F2OSi/c1-2-3-4-9-21-10-7-14(8-11-21)13-20-15-5-6-16(18)17(19)12-15/h5-6,12,14,21H,2-4,7-11,13H2,1H3. The van der Waals surface area contributed by atoms with Crippen LogP contribution in [0.25, 0.3) is 0 Å². The predicted octanol–water partition coefficient (Wildman–Crippen LogP) is 5.17. The molecule has 0 aromatic heterocycles. The molecule has 1 saturated heterocycles. The fourth-order valence-electron chi connectivity index (χ4n) is 3.15. The Morgan fingerprint density at radius 2 is 1.90 bits per heavy atom. The summed E-state index contributed by atoms with van der Waals surface area (Å²) in [6.07, 6.45) is 6.63. The number of ether oxygens (including phenoxy) is 1. The molecule has 0 aliphatic carbocycles. The van der Waals surface area contributed by atoms with Crippen molar-refractivity contribution in [2.24, 2.45) is 5.92 Å². The van der Waals surface area contributed by atoms with E-state index >= 15 is 0 Å². The van der Waals surface area contributed by atoms with E-state index in [1.165, 1.54) is 56.3 Å². The van der Waals surface area contributed by atoms with Crippen molar-refractivity contribution in [3.63, 3.8) is 0 Å². The highest BCUT2D eigenvalue weighted by molar-refractivity contribution is 6.58. The molecule has 0 atom stereocenters. The minimum absolute atomic E-state index is 0.441. The summed E-state index contributed by atoms with van der Waals surface area (Å²) in [5.74, 6) is -0.621. The average molecular weight is 312 g/mol. The Morgan fingerprint density at radius 1 is 1.14 bits per heavy atom. The van der Waals surface area contributed by atoms with Gasteiger partial charge in [0, 0.05) is 14.9 Å². The van der Waals surface area contributed by atoms with E-state index in [9.17, 15) is 8.78 Å². The first-order valence-electron chi connectivity index (χ1n) is 8.27. The smallest absolute Gasteiger partial charge is 0.162 e. The van der Waals surface area contributed by atoms with Crippen LogP contribution in [0.3, 0.4) is 0 Å². The van der Waals surface area contributed by atoms with Crippen LogP contribution < -0.4 is 4.74 Å². The zero-order valence-corrected chi connectivity index (χ0v) is 14.1.